The van der Waals surface area contributed by atoms with E-state index < -0.39 is 12.3 Å². The predicted octanol–water partition coefficient (Wildman–Crippen LogP) is 2.70. The van der Waals surface area contributed by atoms with E-state index in [0.717, 1.165) is 0 Å². The zero-order valence-electron chi connectivity index (χ0n) is 9.41. The Balaban J connectivity index is 2.71. The number of hydrogen-bond donors (Lipinski definition) is 0. The Hall–Kier alpha value is -1.30. The van der Waals surface area contributed by atoms with Gasteiger partial charge in [-0.25, -0.2) is 4.79 Å². The van der Waals surface area contributed by atoms with Gasteiger partial charge in [-0.05, 0) is 41.1 Å². The maximum absolute atomic E-state index is 13.3. The van der Waals surface area contributed by atoms with Gasteiger partial charge in [0.15, 0.2) is 0 Å². The third-order valence-electron chi connectivity index (χ3n) is 1.84. The molecule has 0 aliphatic carbocycles. The van der Waals surface area contributed by atoms with Crippen LogP contribution in [0.4, 0.5) is 4.39 Å². The third kappa shape index (κ3) is 3.89. The summed E-state index contributed by atoms with van der Waals surface area (Å²) in [7, 11) is 1.51. The first-order chi connectivity index (χ1) is 8.08. The molecule has 6 heteroatoms. The molecule has 0 fully saturated rings. The Kier molecular flexibility index (Phi) is 5.21. The molecule has 0 aromatic heterocycles. The lowest BCUT2D eigenvalue weighted by Crippen LogP contribution is -2.24. The van der Waals surface area contributed by atoms with Gasteiger partial charge in [-0.2, -0.15) is 4.39 Å². The predicted molar refractivity (Wildman–Crippen MR) is 62.9 cm³/mol. The van der Waals surface area contributed by atoms with Gasteiger partial charge in [0.05, 0.1) is 18.2 Å². The van der Waals surface area contributed by atoms with Crippen molar-refractivity contribution in [3.05, 3.63) is 22.7 Å². The molecule has 94 valence electrons. The smallest absolute Gasteiger partial charge is 0.381 e. The van der Waals surface area contributed by atoms with Gasteiger partial charge in [0.2, 0.25) is 0 Å². The second-order valence-electron chi connectivity index (χ2n) is 2.98. The maximum atomic E-state index is 13.3. The largest absolute Gasteiger partial charge is 0.497 e. The molecule has 4 nitrogen and oxygen atoms in total. The van der Waals surface area contributed by atoms with Crippen LogP contribution < -0.4 is 9.47 Å². The number of ether oxygens (including phenoxy) is 3. The van der Waals surface area contributed by atoms with Crippen LogP contribution in [0.5, 0.6) is 11.5 Å². The maximum Gasteiger partial charge on any atom is 0.381 e. The molecular formula is C11H12BrFO4. The molecule has 0 bridgehead atoms. The molecule has 1 atom stereocenters. The van der Waals surface area contributed by atoms with E-state index in [9.17, 15) is 9.18 Å². The Morgan fingerprint density at radius 1 is 1.53 bits per heavy atom. The number of rotatable bonds is 5. The Bertz CT molecular complexity index is 397. The van der Waals surface area contributed by atoms with Crippen LogP contribution in [-0.4, -0.2) is 26.0 Å². The zero-order chi connectivity index (χ0) is 12.8. The molecule has 17 heavy (non-hydrogen) atoms. The van der Waals surface area contributed by atoms with Crippen molar-refractivity contribution in [2.45, 2.75) is 13.3 Å². The van der Waals surface area contributed by atoms with Gasteiger partial charge < -0.3 is 14.2 Å². The molecule has 1 unspecified atom stereocenters. The van der Waals surface area contributed by atoms with E-state index in [1.165, 1.54) is 13.2 Å². The number of benzene rings is 1. The van der Waals surface area contributed by atoms with Crippen LogP contribution in [0.1, 0.15) is 6.92 Å². The fourth-order valence-corrected chi connectivity index (χ4v) is 1.52. The first-order valence-electron chi connectivity index (χ1n) is 4.89. The van der Waals surface area contributed by atoms with E-state index in [-0.39, 0.29) is 12.4 Å². The van der Waals surface area contributed by atoms with Crippen LogP contribution in [0.25, 0.3) is 0 Å². The van der Waals surface area contributed by atoms with Crippen molar-refractivity contribution < 1.29 is 23.4 Å². The van der Waals surface area contributed by atoms with E-state index >= 15 is 0 Å². The number of halogens is 2. The second-order valence-corrected chi connectivity index (χ2v) is 3.84. The molecule has 0 aliphatic rings. The molecule has 0 amide bonds. The first-order valence-corrected chi connectivity index (χ1v) is 5.68. The molecule has 1 aromatic carbocycles. The Labute approximate surface area is 107 Å². The summed E-state index contributed by atoms with van der Waals surface area (Å²) >= 11 is 3.18. The number of carbonyl (C=O) groups is 1. The number of methoxy groups -OCH3 is 1. The quantitative estimate of drug-likeness (QED) is 0.785. The molecule has 0 saturated heterocycles. The van der Waals surface area contributed by atoms with Gasteiger partial charge in [-0.3, -0.25) is 0 Å². The number of alkyl halides is 1. The van der Waals surface area contributed by atoms with Crippen molar-refractivity contribution >= 4 is 21.9 Å². The minimum Gasteiger partial charge on any atom is -0.497 e. The van der Waals surface area contributed by atoms with Crippen LogP contribution in [0.2, 0.25) is 0 Å². The summed E-state index contributed by atoms with van der Waals surface area (Å²) in [6.45, 7) is 1.69. The highest BCUT2D eigenvalue weighted by Crippen LogP contribution is 2.30. The van der Waals surface area contributed by atoms with Gasteiger partial charge in [0, 0.05) is 0 Å². The summed E-state index contributed by atoms with van der Waals surface area (Å²) in [5, 5.41) is 0. The number of esters is 1. The summed E-state index contributed by atoms with van der Waals surface area (Å²) in [4.78, 5) is 11.0. The van der Waals surface area contributed by atoms with E-state index in [1.807, 2.05) is 0 Å². The van der Waals surface area contributed by atoms with Gasteiger partial charge >= 0.3 is 12.3 Å². The summed E-state index contributed by atoms with van der Waals surface area (Å²) in [6, 6.07) is 4.69. The molecule has 0 N–H and O–H groups in total. The number of carbonyl (C=O) groups excluding carboxylic acids is 1. The van der Waals surface area contributed by atoms with Gasteiger partial charge in [-0.1, -0.05) is 0 Å². The SMILES string of the molecule is CCOC(=O)C(F)Oc1ccc(OC)cc1Br. The van der Waals surface area contributed by atoms with Crippen molar-refractivity contribution in [1.82, 2.24) is 0 Å². The van der Waals surface area contributed by atoms with Crippen LogP contribution in [0.15, 0.2) is 22.7 Å². The van der Waals surface area contributed by atoms with E-state index in [1.54, 1.807) is 19.1 Å². The fraction of sp³-hybridized carbons (Fsp3) is 0.364. The van der Waals surface area contributed by atoms with E-state index in [2.05, 4.69) is 20.7 Å². The van der Waals surface area contributed by atoms with E-state index in [0.29, 0.717) is 10.2 Å². The first kappa shape index (κ1) is 13.8. The topological polar surface area (TPSA) is 44.8 Å². The van der Waals surface area contributed by atoms with Crippen molar-refractivity contribution in [2.24, 2.45) is 0 Å². The summed E-state index contributed by atoms with van der Waals surface area (Å²) in [5.74, 6) is -0.252. The molecular weight excluding hydrogens is 295 g/mol. The normalized spacial score (nSPS) is 11.8. The highest BCUT2D eigenvalue weighted by atomic mass is 79.9. The molecule has 0 radical (unpaired) electrons. The standard InChI is InChI=1S/C11H12BrFO4/c1-3-16-11(14)10(13)17-9-5-4-7(15-2)6-8(9)12/h4-6,10H,3H2,1-2H3. The molecule has 0 heterocycles. The van der Waals surface area contributed by atoms with Gasteiger partial charge in [0.1, 0.15) is 11.5 Å². The van der Waals surface area contributed by atoms with Crippen LogP contribution in [-0.2, 0) is 9.53 Å². The molecule has 1 rings (SSSR count). The van der Waals surface area contributed by atoms with Crippen molar-refractivity contribution in [2.75, 3.05) is 13.7 Å². The Morgan fingerprint density at radius 2 is 2.24 bits per heavy atom. The van der Waals surface area contributed by atoms with Crippen LogP contribution in [0, 0.1) is 0 Å². The van der Waals surface area contributed by atoms with Crippen LogP contribution in [0.3, 0.4) is 0 Å². The minimum absolute atomic E-state index is 0.104. The summed E-state index contributed by atoms with van der Waals surface area (Å²) < 4.78 is 28.0. The third-order valence-corrected chi connectivity index (χ3v) is 2.46. The summed E-state index contributed by atoms with van der Waals surface area (Å²) in [6.07, 6.45) is -2.14. The van der Waals surface area contributed by atoms with Gasteiger partial charge in [-0.15, -0.1) is 0 Å². The van der Waals surface area contributed by atoms with E-state index in [4.69, 9.17) is 9.47 Å². The average Bonchev–Trinajstić information content (AvgIpc) is 2.31. The average molecular weight is 307 g/mol. The van der Waals surface area contributed by atoms with Gasteiger partial charge in [0.25, 0.3) is 0 Å². The highest BCUT2D eigenvalue weighted by molar-refractivity contribution is 9.10. The van der Waals surface area contributed by atoms with Crippen LogP contribution >= 0.6 is 15.9 Å². The highest BCUT2D eigenvalue weighted by Gasteiger charge is 2.21. The lowest BCUT2D eigenvalue weighted by Gasteiger charge is -2.12. The zero-order valence-corrected chi connectivity index (χ0v) is 11.0. The fourth-order valence-electron chi connectivity index (χ4n) is 1.07. The van der Waals surface area contributed by atoms with Crippen molar-refractivity contribution in [3.8, 4) is 11.5 Å². The second kappa shape index (κ2) is 6.44. The monoisotopic (exact) mass is 306 g/mol. The minimum atomic E-state index is -2.14. The molecule has 0 saturated carbocycles. The lowest BCUT2D eigenvalue weighted by atomic mass is 10.3. The lowest BCUT2D eigenvalue weighted by molar-refractivity contribution is -0.159. The van der Waals surface area contributed by atoms with Crippen molar-refractivity contribution in [3.63, 3.8) is 0 Å². The molecule has 0 spiro atoms. The molecule has 0 aliphatic heterocycles. The summed E-state index contributed by atoms with van der Waals surface area (Å²) in [5.41, 5.74) is 0. The number of hydrogen-bond acceptors (Lipinski definition) is 4. The Morgan fingerprint density at radius 3 is 2.76 bits per heavy atom. The molecule has 1 aromatic rings. The van der Waals surface area contributed by atoms with Crippen molar-refractivity contribution in [1.29, 1.82) is 0 Å².